The molecule has 0 aliphatic carbocycles. The average molecular weight is 64.1 g/mol. The monoisotopic (exact) mass is 64.0 g/mol. The van der Waals surface area contributed by atoms with Gasteiger partial charge in [-0.05, 0) is 0 Å². The van der Waals surface area contributed by atoms with Gasteiger partial charge in [-0.1, -0.05) is 0 Å². The number of alkyl halides is 1. The van der Waals surface area contributed by atoms with Gasteiger partial charge in [-0.25, -0.2) is 4.39 Å². The number of rotatable bonds is 0. The van der Waals surface area contributed by atoms with Crippen LogP contribution in [0.3, 0.4) is 0 Å². The molecule has 0 heterocycles. The molecule has 0 fully saturated rings. The first-order valence-corrected chi connectivity index (χ1v) is 0.885. The van der Waals surface area contributed by atoms with Crippen LogP contribution in [0.15, 0.2) is 0 Å². The minimum atomic E-state index is -1.67. The lowest BCUT2D eigenvalue weighted by Gasteiger charge is -1.78. The van der Waals surface area contributed by atoms with Gasteiger partial charge in [0.1, 0.15) is 0 Å². The first-order valence-electron chi connectivity index (χ1n) is 0.885. The lowest BCUT2D eigenvalue weighted by Crippen LogP contribution is -2.23. The predicted molar refractivity (Wildman–Crippen MR) is 13.3 cm³/mol. The minimum absolute atomic E-state index is 1.67. The first-order chi connectivity index (χ1) is 1.73. The Morgan fingerprint density at radius 1 is 1.50 bits per heavy atom. The summed E-state index contributed by atoms with van der Waals surface area (Å²) in [6, 6.07) is 0. The molecule has 0 atom stereocenters. The molecule has 4 heavy (non-hydrogen) atoms. The fourth-order valence-electron chi connectivity index (χ4n) is 0. The highest BCUT2D eigenvalue weighted by molar-refractivity contribution is 4.13. The van der Waals surface area contributed by atoms with E-state index in [1.54, 1.807) is 0 Å². The number of halogens is 1. The highest BCUT2D eigenvalue weighted by Gasteiger charge is 1.72. The smallest absolute Gasteiger partial charge is 0.200 e. The number of nitrogens with two attached hydrogens (primary N) is 2. The van der Waals surface area contributed by atoms with E-state index in [0.717, 1.165) is 0 Å². The maximum atomic E-state index is 10.6. The molecule has 0 aliphatic rings. The normalized spacial score (nSPS) is 9.00. The largest absolute Gasteiger partial charge is 0.289 e. The van der Waals surface area contributed by atoms with E-state index < -0.39 is 6.42 Å². The summed E-state index contributed by atoms with van der Waals surface area (Å²) < 4.78 is 10.6. The van der Waals surface area contributed by atoms with E-state index in [-0.39, 0.29) is 0 Å². The second-order valence-electron chi connectivity index (χ2n) is 0.444. The SMILES string of the molecule is NC(N)F. The lowest BCUT2D eigenvalue weighted by atomic mass is 11.2. The molecule has 0 aliphatic heterocycles. The van der Waals surface area contributed by atoms with Crippen LogP contribution in [0.4, 0.5) is 4.39 Å². The van der Waals surface area contributed by atoms with Gasteiger partial charge in [0.2, 0.25) is 0 Å². The van der Waals surface area contributed by atoms with Crippen LogP contribution < -0.4 is 11.5 Å². The van der Waals surface area contributed by atoms with E-state index in [4.69, 9.17) is 0 Å². The molecule has 0 amide bonds. The maximum absolute atomic E-state index is 10.6. The van der Waals surface area contributed by atoms with E-state index >= 15 is 0 Å². The Kier molecular flexibility index (Phi) is 1.16. The zero-order chi connectivity index (χ0) is 3.58. The molecule has 2 nitrogen and oxygen atoms in total. The Balaban J connectivity index is 2.32. The van der Waals surface area contributed by atoms with Crippen LogP contribution in [0.2, 0.25) is 0 Å². The highest BCUT2D eigenvalue weighted by atomic mass is 19.1. The van der Waals surface area contributed by atoms with Crippen LogP contribution in [0, 0.1) is 0 Å². The van der Waals surface area contributed by atoms with E-state index in [1.807, 2.05) is 0 Å². The Morgan fingerprint density at radius 3 is 1.50 bits per heavy atom. The van der Waals surface area contributed by atoms with Crippen LogP contribution >= 0.6 is 0 Å². The molecule has 0 saturated heterocycles. The van der Waals surface area contributed by atoms with E-state index in [2.05, 4.69) is 11.5 Å². The van der Waals surface area contributed by atoms with Crippen LogP contribution in [0.25, 0.3) is 0 Å². The summed E-state index contributed by atoms with van der Waals surface area (Å²) in [5, 5.41) is 0. The molecule has 0 aromatic rings. The van der Waals surface area contributed by atoms with E-state index in [1.165, 1.54) is 0 Å². The van der Waals surface area contributed by atoms with Gasteiger partial charge in [0.15, 0.2) is 6.42 Å². The number of hydrogen-bond donors (Lipinski definition) is 2. The van der Waals surface area contributed by atoms with Gasteiger partial charge in [-0.15, -0.1) is 0 Å². The Bertz CT molecular complexity index is 10.8. The molecular formula is CH5FN2. The maximum Gasteiger partial charge on any atom is 0.200 e. The molecule has 0 aromatic heterocycles. The molecule has 3 heteroatoms. The molecule has 4 N–H and O–H groups in total. The third kappa shape index (κ3) is 59.4. The summed E-state index contributed by atoms with van der Waals surface area (Å²) in [5.74, 6) is 0. The van der Waals surface area contributed by atoms with Gasteiger partial charge >= 0.3 is 0 Å². The fourth-order valence-corrected chi connectivity index (χ4v) is 0. The summed E-state index contributed by atoms with van der Waals surface area (Å²) in [4.78, 5) is 0. The molecule has 0 saturated carbocycles. The second-order valence-corrected chi connectivity index (χ2v) is 0.444. The Morgan fingerprint density at radius 2 is 1.50 bits per heavy atom. The first kappa shape index (κ1) is 3.85. The zero-order valence-electron chi connectivity index (χ0n) is 2.11. The van der Waals surface area contributed by atoms with Crippen molar-refractivity contribution in [1.29, 1.82) is 0 Å². The van der Waals surface area contributed by atoms with Gasteiger partial charge < -0.3 is 0 Å². The summed E-state index contributed by atoms with van der Waals surface area (Å²) >= 11 is 0. The van der Waals surface area contributed by atoms with Crippen molar-refractivity contribution in [3.05, 3.63) is 0 Å². The van der Waals surface area contributed by atoms with Gasteiger partial charge in [0, 0.05) is 0 Å². The fraction of sp³-hybridized carbons (Fsp3) is 1.00. The quantitative estimate of drug-likeness (QED) is 0.285. The molecule has 0 spiro atoms. The summed E-state index contributed by atoms with van der Waals surface area (Å²) in [6.45, 7) is 0. The highest BCUT2D eigenvalue weighted by Crippen LogP contribution is 1.51. The van der Waals surface area contributed by atoms with Gasteiger partial charge in [0.05, 0.1) is 0 Å². The van der Waals surface area contributed by atoms with Gasteiger partial charge in [-0.2, -0.15) is 0 Å². The topological polar surface area (TPSA) is 52.0 Å². The molecule has 0 aromatic carbocycles. The van der Waals surface area contributed by atoms with Gasteiger partial charge in [0.25, 0.3) is 0 Å². The molecule has 0 rings (SSSR count). The van der Waals surface area contributed by atoms with Crippen molar-refractivity contribution < 1.29 is 4.39 Å². The second kappa shape index (κ2) is 1.20. The van der Waals surface area contributed by atoms with Crippen LogP contribution in [-0.4, -0.2) is 6.42 Å². The van der Waals surface area contributed by atoms with Crippen molar-refractivity contribution in [2.75, 3.05) is 0 Å². The molecular weight excluding hydrogens is 59.0 g/mol. The average Bonchev–Trinajstić information content (AvgIpc) is 0.811. The van der Waals surface area contributed by atoms with Crippen molar-refractivity contribution in [3.8, 4) is 0 Å². The van der Waals surface area contributed by atoms with Crippen molar-refractivity contribution in [3.63, 3.8) is 0 Å². The summed E-state index contributed by atoms with van der Waals surface area (Å²) in [5.41, 5.74) is 8.44. The van der Waals surface area contributed by atoms with Crippen molar-refractivity contribution in [1.82, 2.24) is 0 Å². The lowest BCUT2D eigenvalue weighted by molar-refractivity contribution is 0.356. The third-order valence-electron chi connectivity index (χ3n) is 0. The Hall–Kier alpha value is -0.150. The summed E-state index contributed by atoms with van der Waals surface area (Å²) in [6.07, 6.45) is -1.67. The molecule has 26 valence electrons. The molecule has 0 bridgehead atoms. The number of hydrogen-bond acceptors (Lipinski definition) is 2. The van der Waals surface area contributed by atoms with E-state index in [0.29, 0.717) is 0 Å². The van der Waals surface area contributed by atoms with E-state index in [9.17, 15) is 4.39 Å². The third-order valence-corrected chi connectivity index (χ3v) is 0. The zero-order valence-corrected chi connectivity index (χ0v) is 2.11. The minimum Gasteiger partial charge on any atom is -0.289 e. The van der Waals surface area contributed by atoms with Gasteiger partial charge in [-0.3, -0.25) is 11.5 Å². The van der Waals surface area contributed by atoms with Crippen LogP contribution in [-0.2, 0) is 0 Å². The van der Waals surface area contributed by atoms with Crippen molar-refractivity contribution in [2.24, 2.45) is 11.5 Å². The molecule has 0 unspecified atom stereocenters. The van der Waals surface area contributed by atoms with Crippen LogP contribution in [0.1, 0.15) is 0 Å². The van der Waals surface area contributed by atoms with Crippen molar-refractivity contribution >= 4 is 0 Å². The van der Waals surface area contributed by atoms with Crippen LogP contribution in [0.5, 0.6) is 0 Å². The Labute approximate surface area is 23.6 Å². The predicted octanol–water partition coefficient (Wildman–Crippen LogP) is -0.843. The summed E-state index contributed by atoms with van der Waals surface area (Å²) in [7, 11) is 0. The van der Waals surface area contributed by atoms with Crippen molar-refractivity contribution in [2.45, 2.75) is 6.42 Å². The molecule has 0 radical (unpaired) electrons. The standard InChI is InChI=1S/CH5FN2/c2-1(3)4/h1H,3-4H2.